The van der Waals surface area contributed by atoms with Gasteiger partial charge in [-0.1, -0.05) is 12.1 Å². The number of nitrogens with zero attached hydrogens (tertiary/aromatic N) is 2. The second-order valence-electron chi connectivity index (χ2n) is 7.10. The van der Waals surface area contributed by atoms with Crippen molar-refractivity contribution in [2.24, 2.45) is 0 Å². The first-order chi connectivity index (χ1) is 13.8. The molecule has 0 aromatic heterocycles. The monoisotopic (exact) mass is 420 g/mol. The Balaban J connectivity index is 1.54. The molecule has 6 nitrogen and oxygen atoms in total. The molecule has 29 heavy (non-hydrogen) atoms. The molecule has 1 heterocycles. The van der Waals surface area contributed by atoms with Crippen molar-refractivity contribution in [1.82, 2.24) is 9.80 Å². The molecule has 2 aromatic rings. The van der Waals surface area contributed by atoms with Crippen LogP contribution in [0.15, 0.2) is 47.4 Å². The Kier molecular flexibility index (Phi) is 6.54. The fraction of sp³-hybridized carbons (Fsp3) is 0.381. The van der Waals surface area contributed by atoms with Crippen LogP contribution in [0.5, 0.6) is 5.75 Å². The van der Waals surface area contributed by atoms with E-state index >= 15 is 0 Å². The van der Waals surface area contributed by atoms with Crippen LogP contribution in [0.25, 0.3) is 0 Å². The molecular formula is C21H25FN2O4S. The fourth-order valence-corrected chi connectivity index (χ4v) is 4.56. The fourth-order valence-electron chi connectivity index (χ4n) is 3.24. The zero-order chi connectivity index (χ0) is 21.0. The number of benzene rings is 2. The molecular weight excluding hydrogens is 395 g/mol. The molecule has 1 fully saturated rings. The van der Waals surface area contributed by atoms with E-state index in [1.165, 1.54) is 19.2 Å². The topological polar surface area (TPSA) is 66.9 Å². The van der Waals surface area contributed by atoms with E-state index in [1.807, 2.05) is 4.90 Å². The molecule has 1 saturated heterocycles. The molecule has 2 aromatic carbocycles. The maximum atomic E-state index is 13.7. The molecule has 3 rings (SSSR count). The normalized spacial score (nSPS) is 15.3. The van der Waals surface area contributed by atoms with Crippen LogP contribution in [-0.2, 0) is 9.84 Å². The van der Waals surface area contributed by atoms with Crippen LogP contribution in [0.2, 0.25) is 0 Å². The average molecular weight is 421 g/mol. The summed E-state index contributed by atoms with van der Waals surface area (Å²) in [6.07, 6.45) is 0. The van der Waals surface area contributed by atoms with Crippen molar-refractivity contribution < 1.29 is 22.3 Å². The number of sulfone groups is 1. The minimum Gasteiger partial charge on any atom is -0.497 e. The summed E-state index contributed by atoms with van der Waals surface area (Å²) in [4.78, 5) is 16.5. The van der Waals surface area contributed by atoms with Gasteiger partial charge in [0.05, 0.1) is 17.8 Å². The number of rotatable bonds is 6. The zero-order valence-electron chi connectivity index (χ0n) is 16.6. The second-order valence-corrected chi connectivity index (χ2v) is 9.20. The summed E-state index contributed by atoms with van der Waals surface area (Å²) in [5.41, 5.74) is 0.839. The summed E-state index contributed by atoms with van der Waals surface area (Å²) in [6, 6.07) is 10.9. The van der Waals surface area contributed by atoms with Crippen LogP contribution in [0, 0.1) is 12.7 Å². The van der Waals surface area contributed by atoms with E-state index in [1.54, 1.807) is 42.2 Å². The predicted molar refractivity (Wildman–Crippen MR) is 109 cm³/mol. The molecule has 0 bridgehead atoms. The summed E-state index contributed by atoms with van der Waals surface area (Å²) in [5, 5.41) is 0. The molecule has 0 atom stereocenters. The molecule has 1 aliphatic rings. The molecule has 0 saturated carbocycles. The van der Waals surface area contributed by atoms with Gasteiger partial charge in [-0.2, -0.15) is 0 Å². The van der Waals surface area contributed by atoms with Gasteiger partial charge in [0, 0.05) is 38.3 Å². The highest BCUT2D eigenvalue weighted by atomic mass is 32.2. The van der Waals surface area contributed by atoms with Crippen LogP contribution in [0.4, 0.5) is 4.39 Å². The molecule has 0 radical (unpaired) electrons. The number of carbonyl (C=O) groups excluding carboxylic acids is 1. The lowest BCUT2D eigenvalue weighted by molar-refractivity contribution is 0.0643. The number of ether oxygens (including phenoxy) is 1. The van der Waals surface area contributed by atoms with Crippen molar-refractivity contribution in [2.45, 2.75) is 11.8 Å². The first-order valence-corrected chi connectivity index (χ1v) is 11.1. The summed E-state index contributed by atoms with van der Waals surface area (Å²) >= 11 is 0. The third-order valence-corrected chi connectivity index (χ3v) is 6.85. The quantitative estimate of drug-likeness (QED) is 0.718. The van der Waals surface area contributed by atoms with Gasteiger partial charge in [-0.25, -0.2) is 12.8 Å². The van der Waals surface area contributed by atoms with Gasteiger partial charge in [-0.15, -0.1) is 0 Å². The van der Waals surface area contributed by atoms with Gasteiger partial charge < -0.3 is 9.64 Å². The van der Waals surface area contributed by atoms with Gasteiger partial charge in [0.1, 0.15) is 11.6 Å². The maximum Gasteiger partial charge on any atom is 0.254 e. The smallest absolute Gasteiger partial charge is 0.254 e. The van der Waals surface area contributed by atoms with Crippen LogP contribution < -0.4 is 4.74 Å². The van der Waals surface area contributed by atoms with E-state index in [4.69, 9.17) is 4.74 Å². The number of hydrogen-bond acceptors (Lipinski definition) is 5. The minimum absolute atomic E-state index is 0.00269. The van der Waals surface area contributed by atoms with E-state index in [9.17, 15) is 17.6 Å². The summed E-state index contributed by atoms with van der Waals surface area (Å²) in [5.74, 6) is -0.0902. The van der Waals surface area contributed by atoms with Crippen molar-refractivity contribution in [3.8, 4) is 5.75 Å². The van der Waals surface area contributed by atoms with Crippen molar-refractivity contribution >= 4 is 15.7 Å². The van der Waals surface area contributed by atoms with Gasteiger partial charge in [-0.05, 0) is 42.8 Å². The minimum atomic E-state index is -3.42. The van der Waals surface area contributed by atoms with Gasteiger partial charge in [0.15, 0.2) is 9.84 Å². The Hall–Kier alpha value is -2.45. The lowest BCUT2D eigenvalue weighted by Gasteiger charge is -2.34. The van der Waals surface area contributed by atoms with Gasteiger partial charge >= 0.3 is 0 Å². The Morgan fingerprint density at radius 2 is 1.83 bits per heavy atom. The average Bonchev–Trinajstić information content (AvgIpc) is 2.74. The zero-order valence-corrected chi connectivity index (χ0v) is 17.4. The third-order valence-electron chi connectivity index (χ3n) is 5.15. The summed E-state index contributed by atoms with van der Waals surface area (Å²) < 4.78 is 44.0. The lowest BCUT2D eigenvalue weighted by Crippen LogP contribution is -2.49. The van der Waals surface area contributed by atoms with E-state index in [-0.39, 0.29) is 16.6 Å². The van der Waals surface area contributed by atoms with Crippen molar-refractivity contribution in [3.05, 3.63) is 59.4 Å². The molecule has 1 aliphatic heterocycles. The van der Waals surface area contributed by atoms with Gasteiger partial charge in [0.2, 0.25) is 0 Å². The molecule has 0 aliphatic carbocycles. The highest BCUT2D eigenvalue weighted by Crippen LogP contribution is 2.19. The number of hydrogen-bond donors (Lipinski definition) is 0. The van der Waals surface area contributed by atoms with E-state index in [0.717, 1.165) is 0 Å². The highest BCUT2D eigenvalue weighted by molar-refractivity contribution is 7.91. The largest absolute Gasteiger partial charge is 0.497 e. The molecule has 156 valence electrons. The number of methoxy groups -OCH3 is 1. The van der Waals surface area contributed by atoms with Crippen LogP contribution >= 0.6 is 0 Å². The Morgan fingerprint density at radius 3 is 2.48 bits per heavy atom. The standard InChI is InChI=1S/C21H25FN2O4S/c1-16-6-7-17(14-20(16)22)21(25)24-10-8-23(9-11-24)12-13-29(26,27)19-5-3-4-18(15-19)28-2/h3-7,14-15H,8-13H2,1-2H3. The number of halogens is 1. The summed E-state index contributed by atoms with van der Waals surface area (Å²) in [7, 11) is -1.92. The van der Waals surface area contributed by atoms with Gasteiger partial charge in [-0.3, -0.25) is 9.69 Å². The Morgan fingerprint density at radius 1 is 1.10 bits per heavy atom. The van der Waals surface area contributed by atoms with Crippen molar-refractivity contribution in [2.75, 3.05) is 45.6 Å². The number of carbonyl (C=O) groups is 1. The molecule has 0 N–H and O–H groups in total. The number of aryl methyl sites for hydroxylation is 1. The molecule has 8 heteroatoms. The van der Waals surface area contributed by atoms with Crippen molar-refractivity contribution in [3.63, 3.8) is 0 Å². The number of piperazine rings is 1. The van der Waals surface area contributed by atoms with Crippen LogP contribution in [0.3, 0.4) is 0 Å². The van der Waals surface area contributed by atoms with Crippen molar-refractivity contribution in [1.29, 1.82) is 0 Å². The van der Waals surface area contributed by atoms with E-state index in [2.05, 4.69) is 0 Å². The molecule has 1 amide bonds. The van der Waals surface area contributed by atoms with E-state index < -0.39 is 15.7 Å². The Labute approximate surface area is 170 Å². The first-order valence-electron chi connectivity index (χ1n) is 9.45. The number of amides is 1. The van der Waals surface area contributed by atoms with Gasteiger partial charge in [0.25, 0.3) is 5.91 Å². The third kappa shape index (κ3) is 5.13. The second kappa shape index (κ2) is 8.92. The SMILES string of the molecule is COc1cccc(S(=O)(=O)CCN2CCN(C(=O)c3ccc(C)c(F)c3)CC2)c1. The lowest BCUT2D eigenvalue weighted by atomic mass is 10.1. The van der Waals surface area contributed by atoms with Crippen LogP contribution in [0.1, 0.15) is 15.9 Å². The van der Waals surface area contributed by atoms with Crippen LogP contribution in [-0.4, -0.2) is 69.7 Å². The Bertz CT molecular complexity index is 986. The summed E-state index contributed by atoms with van der Waals surface area (Å²) in [6.45, 7) is 4.16. The maximum absolute atomic E-state index is 13.7. The molecule has 0 unspecified atom stereocenters. The predicted octanol–water partition coefficient (Wildman–Crippen LogP) is 2.37. The highest BCUT2D eigenvalue weighted by Gasteiger charge is 2.24. The van der Waals surface area contributed by atoms with E-state index in [0.29, 0.717) is 49.6 Å². The molecule has 0 spiro atoms. The first kappa shape index (κ1) is 21.3.